The molecule has 1 aromatic carbocycles. The van der Waals surface area contributed by atoms with E-state index in [9.17, 15) is 0 Å². The summed E-state index contributed by atoms with van der Waals surface area (Å²) in [5, 5.41) is 13.7. The van der Waals surface area contributed by atoms with E-state index in [4.69, 9.17) is 5.26 Å². The van der Waals surface area contributed by atoms with E-state index in [1.54, 1.807) is 4.68 Å². The highest BCUT2D eigenvalue weighted by Gasteiger charge is 2.13. The highest BCUT2D eigenvalue weighted by Crippen LogP contribution is 2.17. The standard InChI is InChI=1S/C17H16N6/c1-22(2)9-8-15-16-17(20-14(10-18)11-19-16)23(21-15)12-13-6-4-3-5-7-13/h3-9,11H,12H2,1-2H3/b9-8-. The highest BCUT2D eigenvalue weighted by molar-refractivity contribution is 5.80. The fourth-order valence-corrected chi connectivity index (χ4v) is 2.22. The zero-order valence-electron chi connectivity index (χ0n) is 13.0. The van der Waals surface area contributed by atoms with Crippen LogP contribution in [0.15, 0.2) is 42.7 Å². The Labute approximate surface area is 134 Å². The third-order valence-electron chi connectivity index (χ3n) is 3.29. The Kier molecular flexibility index (Phi) is 4.02. The van der Waals surface area contributed by atoms with Crippen LogP contribution in [-0.4, -0.2) is 38.7 Å². The van der Waals surface area contributed by atoms with Gasteiger partial charge >= 0.3 is 0 Å². The molecule has 0 aliphatic rings. The first-order valence-electron chi connectivity index (χ1n) is 7.19. The minimum atomic E-state index is 0.287. The first-order valence-corrected chi connectivity index (χ1v) is 7.19. The Bertz CT molecular complexity index is 887. The van der Waals surface area contributed by atoms with Gasteiger partial charge < -0.3 is 4.90 Å². The number of benzene rings is 1. The van der Waals surface area contributed by atoms with Crippen LogP contribution in [0.25, 0.3) is 17.2 Å². The summed E-state index contributed by atoms with van der Waals surface area (Å²) in [6.45, 7) is 0.580. The van der Waals surface area contributed by atoms with Gasteiger partial charge in [-0.15, -0.1) is 0 Å². The summed E-state index contributed by atoms with van der Waals surface area (Å²) in [7, 11) is 3.89. The van der Waals surface area contributed by atoms with E-state index in [0.29, 0.717) is 17.7 Å². The summed E-state index contributed by atoms with van der Waals surface area (Å²) < 4.78 is 1.79. The molecule has 114 valence electrons. The van der Waals surface area contributed by atoms with E-state index in [1.807, 2.05) is 67.7 Å². The van der Waals surface area contributed by atoms with Crippen LogP contribution in [-0.2, 0) is 6.54 Å². The van der Waals surface area contributed by atoms with Crippen LogP contribution in [0.5, 0.6) is 0 Å². The molecule has 0 saturated carbocycles. The summed E-state index contributed by atoms with van der Waals surface area (Å²) in [4.78, 5) is 10.7. The molecule has 0 saturated heterocycles. The molecule has 0 N–H and O–H groups in total. The lowest BCUT2D eigenvalue weighted by Gasteiger charge is -2.02. The van der Waals surface area contributed by atoms with Crippen molar-refractivity contribution < 1.29 is 0 Å². The summed E-state index contributed by atoms with van der Waals surface area (Å²) in [5.41, 5.74) is 3.45. The quantitative estimate of drug-likeness (QED) is 0.739. The predicted molar refractivity (Wildman–Crippen MR) is 88.3 cm³/mol. The number of nitrogens with zero attached hydrogens (tertiary/aromatic N) is 6. The molecular weight excluding hydrogens is 288 g/mol. The number of fused-ring (bicyclic) bond motifs is 1. The lowest BCUT2D eigenvalue weighted by Crippen LogP contribution is -2.03. The molecule has 0 aliphatic carbocycles. The normalized spacial score (nSPS) is 11.0. The zero-order valence-corrected chi connectivity index (χ0v) is 13.0. The van der Waals surface area contributed by atoms with Crippen molar-refractivity contribution in [3.8, 4) is 6.07 Å². The molecule has 6 heteroatoms. The molecule has 0 radical (unpaired) electrons. The van der Waals surface area contributed by atoms with Crippen LogP contribution < -0.4 is 0 Å². The maximum Gasteiger partial charge on any atom is 0.179 e. The monoisotopic (exact) mass is 304 g/mol. The summed E-state index contributed by atoms with van der Waals surface area (Å²) in [6.07, 6.45) is 5.28. The average molecular weight is 304 g/mol. The molecule has 0 aliphatic heterocycles. The van der Waals surface area contributed by atoms with Gasteiger partial charge in [-0.05, 0) is 11.6 Å². The van der Waals surface area contributed by atoms with Crippen molar-refractivity contribution in [1.82, 2.24) is 24.6 Å². The lowest BCUT2D eigenvalue weighted by atomic mass is 10.2. The number of hydrogen-bond acceptors (Lipinski definition) is 5. The van der Waals surface area contributed by atoms with Gasteiger partial charge in [-0.25, -0.2) is 14.6 Å². The number of rotatable bonds is 4. The molecule has 0 fully saturated rings. The average Bonchev–Trinajstić information content (AvgIpc) is 2.91. The van der Waals surface area contributed by atoms with Crippen molar-refractivity contribution >= 4 is 17.2 Å². The van der Waals surface area contributed by atoms with Crippen molar-refractivity contribution in [3.05, 3.63) is 59.7 Å². The van der Waals surface area contributed by atoms with Crippen molar-refractivity contribution in [2.45, 2.75) is 6.54 Å². The molecule has 2 heterocycles. The highest BCUT2D eigenvalue weighted by atomic mass is 15.3. The SMILES string of the molecule is CN(C)/C=C\c1nn(Cc2ccccc2)c2nc(C#N)cnc12. The smallest absolute Gasteiger partial charge is 0.179 e. The van der Waals surface area contributed by atoms with Crippen molar-refractivity contribution in [1.29, 1.82) is 5.26 Å². The summed E-state index contributed by atoms with van der Waals surface area (Å²) in [6, 6.07) is 12.0. The minimum absolute atomic E-state index is 0.287. The van der Waals surface area contributed by atoms with Crippen molar-refractivity contribution in [3.63, 3.8) is 0 Å². The molecule has 0 amide bonds. The van der Waals surface area contributed by atoms with Crippen LogP contribution >= 0.6 is 0 Å². The van der Waals surface area contributed by atoms with Crippen LogP contribution in [0.3, 0.4) is 0 Å². The van der Waals surface area contributed by atoms with Gasteiger partial charge in [-0.2, -0.15) is 10.4 Å². The second-order valence-electron chi connectivity index (χ2n) is 5.35. The maximum absolute atomic E-state index is 9.06. The van der Waals surface area contributed by atoms with Gasteiger partial charge in [0.15, 0.2) is 11.3 Å². The van der Waals surface area contributed by atoms with E-state index < -0.39 is 0 Å². The molecule has 3 rings (SSSR count). The van der Waals surface area contributed by atoms with E-state index in [1.165, 1.54) is 6.20 Å². The topological polar surface area (TPSA) is 70.6 Å². The molecule has 0 atom stereocenters. The van der Waals surface area contributed by atoms with Gasteiger partial charge in [-0.3, -0.25) is 0 Å². The van der Waals surface area contributed by atoms with Crippen molar-refractivity contribution in [2.24, 2.45) is 0 Å². The van der Waals surface area contributed by atoms with Gasteiger partial charge in [-0.1, -0.05) is 30.3 Å². The van der Waals surface area contributed by atoms with Gasteiger partial charge in [0.25, 0.3) is 0 Å². The van der Waals surface area contributed by atoms with Crippen LogP contribution in [0.4, 0.5) is 0 Å². The zero-order chi connectivity index (χ0) is 16.2. The molecule has 23 heavy (non-hydrogen) atoms. The lowest BCUT2D eigenvalue weighted by molar-refractivity contribution is 0.567. The van der Waals surface area contributed by atoms with Gasteiger partial charge in [0, 0.05) is 20.3 Å². The van der Waals surface area contributed by atoms with Crippen molar-refractivity contribution in [2.75, 3.05) is 14.1 Å². The first-order chi connectivity index (χ1) is 11.2. The van der Waals surface area contributed by atoms with Gasteiger partial charge in [0.05, 0.1) is 12.7 Å². The fraction of sp³-hybridized carbons (Fsp3) is 0.176. The summed E-state index contributed by atoms with van der Waals surface area (Å²) >= 11 is 0. The molecule has 0 unspecified atom stereocenters. The van der Waals surface area contributed by atoms with Crippen LogP contribution in [0.2, 0.25) is 0 Å². The first kappa shape index (κ1) is 14.7. The Morgan fingerprint density at radius 2 is 2.04 bits per heavy atom. The van der Waals surface area contributed by atoms with Crippen LogP contribution in [0.1, 0.15) is 17.0 Å². The Hall–Kier alpha value is -3.20. The molecule has 6 nitrogen and oxygen atoms in total. The number of aromatic nitrogens is 4. The number of hydrogen-bond donors (Lipinski definition) is 0. The molecular formula is C17H16N6. The fourth-order valence-electron chi connectivity index (χ4n) is 2.22. The van der Waals surface area contributed by atoms with Crippen LogP contribution in [0, 0.1) is 11.3 Å². The van der Waals surface area contributed by atoms with E-state index in [0.717, 1.165) is 11.3 Å². The third kappa shape index (κ3) is 3.19. The maximum atomic E-state index is 9.06. The van der Waals surface area contributed by atoms with Gasteiger partial charge in [0.1, 0.15) is 17.3 Å². The predicted octanol–water partition coefficient (Wildman–Crippen LogP) is 2.28. The largest absolute Gasteiger partial charge is 0.383 e. The molecule has 2 aromatic heterocycles. The second-order valence-corrected chi connectivity index (χ2v) is 5.35. The minimum Gasteiger partial charge on any atom is -0.383 e. The van der Waals surface area contributed by atoms with Gasteiger partial charge in [0.2, 0.25) is 0 Å². The van der Waals surface area contributed by atoms with E-state index >= 15 is 0 Å². The Morgan fingerprint density at radius 3 is 2.74 bits per heavy atom. The second kappa shape index (κ2) is 6.28. The number of nitriles is 1. The molecule has 3 aromatic rings. The summed E-state index contributed by atoms with van der Waals surface area (Å²) in [5.74, 6) is 0. The molecule has 0 spiro atoms. The van der Waals surface area contributed by atoms with E-state index in [2.05, 4.69) is 15.1 Å². The Balaban J connectivity index is 2.10. The third-order valence-corrected chi connectivity index (χ3v) is 3.29. The van der Waals surface area contributed by atoms with E-state index in [-0.39, 0.29) is 5.69 Å². The Morgan fingerprint density at radius 1 is 1.26 bits per heavy atom. The molecule has 0 bridgehead atoms.